The Morgan fingerprint density at radius 3 is 2.95 bits per heavy atom. The fraction of sp³-hybridized carbons (Fsp3) is 0.455. The van der Waals surface area contributed by atoms with Crippen LogP contribution in [0.15, 0.2) is 15.9 Å². The standard InChI is InChI=1S/C11H13BrN2O3S2/c12-9-2-1-7(19-9)5-13-11(17)14-3-4-18-6-8(14)10(15)16/h1-2,8H,3-6H2,(H,13,17)(H,15,16). The average molecular weight is 365 g/mol. The molecule has 1 aromatic heterocycles. The van der Waals surface area contributed by atoms with Gasteiger partial charge in [-0.1, -0.05) is 0 Å². The lowest BCUT2D eigenvalue weighted by atomic mass is 10.3. The molecule has 1 aliphatic rings. The summed E-state index contributed by atoms with van der Waals surface area (Å²) in [6, 6.07) is 2.81. The minimum Gasteiger partial charge on any atom is -0.480 e. The van der Waals surface area contributed by atoms with E-state index in [-0.39, 0.29) is 6.03 Å². The van der Waals surface area contributed by atoms with Crippen LogP contribution >= 0.6 is 39.0 Å². The van der Waals surface area contributed by atoms with Crippen LogP contribution < -0.4 is 5.32 Å². The molecule has 5 nitrogen and oxygen atoms in total. The maximum Gasteiger partial charge on any atom is 0.327 e. The number of nitrogens with one attached hydrogen (secondary N) is 1. The molecule has 1 aliphatic heterocycles. The van der Waals surface area contributed by atoms with Crippen molar-refractivity contribution < 1.29 is 14.7 Å². The minimum absolute atomic E-state index is 0.308. The van der Waals surface area contributed by atoms with Crippen LogP contribution in [0.3, 0.4) is 0 Å². The first-order valence-electron chi connectivity index (χ1n) is 5.67. The van der Waals surface area contributed by atoms with Gasteiger partial charge in [-0.05, 0) is 28.1 Å². The van der Waals surface area contributed by atoms with E-state index in [1.165, 1.54) is 4.90 Å². The van der Waals surface area contributed by atoms with Crippen molar-refractivity contribution in [1.82, 2.24) is 10.2 Å². The second-order valence-electron chi connectivity index (χ2n) is 3.99. The lowest BCUT2D eigenvalue weighted by Crippen LogP contribution is -2.53. The van der Waals surface area contributed by atoms with Crippen molar-refractivity contribution >= 4 is 51.0 Å². The molecule has 1 unspecified atom stereocenters. The van der Waals surface area contributed by atoms with Crippen molar-refractivity contribution in [1.29, 1.82) is 0 Å². The van der Waals surface area contributed by atoms with Gasteiger partial charge >= 0.3 is 12.0 Å². The molecule has 1 fully saturated rings. The summed E-state index contributed by atoms with van der Waals surface area (Å²) in [4.78, 5) is 25.6. The molecule has 0 radical (unpaired) electrons. The van der Waals surface area contributed by atoms with Gasteiger partial charge in [-0.15, -0.1) is 11.3 Å². The zero-order valence-corrected chi connectivity index (χ0v) is 13.2. The number of hydrogen-bond donors (Lipinski definition) is 2. The van der Waals surface area contributed by atoms with Crippen LogP contribution in [-0.4, -0.2) is 46.1 Å². The van der Waals surface area contributed by atoms with Crippen LogP contribution in [0.25, 0.3) is 0 Å². The summed E-state index contributed by atoms with van der Waals surface area (Å²) in [5.74, 6) is 0.288. The number of carbonyl (C=O) groups excluding carboxylic acids is 1. The Balaban J connectivity index is 1.92. The summed E-state index contributed by atoms with van der Waals surface area (Å²) in [5, 5.41) is 11.9. The molecule has 19 heavy (non-hydrogen) atoms. The molecule has 1 atom stereocenters. The third-order valence-corrected chi connectivity index (χ3v) is 5.36. The monoisotopic (exact) mass is 364 g/mol. The van der Waals surface area contributed by atoms with Crippen molar-refractivity contribution in [2.75, 3.05) is 18.1 Å². The van der Waals surface area contributed by atoms with Gasteiger partial charge in [0.25, 0.3) is 0 Å². The van der Waals surface area contributed by atoms with E-state index in [1.54, 1.807) is 23.1 Å². The number of nitrogens with zero attached hydrogens (tertiary/aromatic N) is 1. The number of amides is 2. The van der Waals surface area contributed by atoms with E-state index < -0.39 is 12.0 Å². The fourth-order valence-electron chi connectivity index (χ4n) is 1.76. The van der Waals surface area contributed by atoms with Gasteiger partial charge in [-0.25, -0.2) is 9.59 Å². The number of hydrogen-bond acceptors (Lipinski definition) is 4. The highest BCUT2D eigenvalue weighted by Gasteiger charge is 2.32. The molecule has 0 aromatic carbocycles. The lowest BCUT2D eigenvalue weighted by Gasteiger charge is -2.32. The number of carbonyl (C=O) groups is 2. The second-order valence-corrected chi connectivity index (χ2v) is 7.68. The van der Waals surface area contributed by atoms with E-state index in [9.17, 15) is 9.59 Å². The predicted molar refractivity (Wildman–Crippen MR) is 79.7 cm³/mol. The molecule has 2 N–H and O–H groups in total. The summed E-state index contributed by atoms with van der Waals surface area (Å²) >= 11 is 6.47. The summed E-state index contributed by atoms with van der Waals surface area (Å²) in [7, 11) is 0. The van der Waals surface area contributed by atoms with Crippen molar-refractivity contribution in [3.8, 4) is 0 Å². The first kappa shape index (κ1) is 14.7. The van der Waals surface area contributed by atoms with E-state index in [1.807, 2.05) is 12.1 Å². The third-order valence-electron chi connectivity index (χ3n) is 2.72. The van der Waals surface area contributed by atoms with Crippen LogP contribution in [-0.2, 0) is 11.3 Å². The highest BCUT2D eigenvalue weighted by Crippen LogP contribution is 2.22. The Bertz CT molecular complexity index is 480. The van der Waals surface area contributed by atoms with Gasteiger partial charge in [0.05, 0.1) is 10.3 Å². The maximum atomic E-state index is 12.0. The Morgan fingerprint density at radius 1 is 1.53 bits per heavy atom. The summed E-state index contributed by atoms with van der Waals surface area (Å²) in [5.41, 5.74) is 0. The van der Waals surface area contributed by atoms with Gasteiger partial charge in [-0.2, -0.15) is 11.8 Å². The molecule has 0 aliphatic carbocycles. The maximum absolute atomic E-state index is 12.0. The van der Waals surface area contributed by atoms with Gasteiger partial charge in [0.15, 0.2) is 0 Å². The smallest absolute Gasteiger partial charge is 0.327 e. The van der Waals surface area contributed by atoms with E-state index in [4.69, 9.17) is 5.11 Å². The second kappa shape index (κ2) is 6.62. The number of urea groups is 1. The third kappa shape index (κ3) is 3.87. The van der Waals surface area contributed by atoms with Gasteiger partial charge < -0.3 is 15.3 Å². The largest absolute Gasteiger partial charge is 0.480 e. The molecule has 0 saturated carbocycles. The highest BCUT2D eigenvalue weighted by atomic mass is 79.9. The van der Waals surface area contributed by atoms with Crippen LogP contribution in [0.4, 0.5) is 4.79 Å². The quantitative estimate of drug-likeness (QED) is 0.862. The SMILES string of the molecule is O=C(O)C1CSCCN1C(=O)NCc1ccc(Br)s1. The summed E-state index contributed by atoms with van der Waals surface area (Å²) in [6.07, 6.45) is 0. The number of thiophene rings is 1. The average Bonchev–Trinajstić information content (AvgIpc) is 2.81. The molecular weight excluding hydrogens is 352 g/mol. The molecule has 0 spiro atoms. The van der Waals surface area contributed by atoms with E-state index in [2.05, 4.69) is 21.2 Å². The Hall–Kier alpha value is -0.730. The molecule has 2 rings (SSSR count). The summed E-state index contributed by atoms with van der Waals surface area (Å²) < 4.78 is 1.01. The van der Waals surface area contributed by atoms with Crippen molar-refractivity contribution in [2.45, 2.75) is 12.6 Å². The number of thioether (sulfide) groups is 1. The van der Waals surface area contributed by atoms with Crippen molar-refractivity contribution in [2.24, 2.45) is 0 Å². The number of carboxylic acids is 1. The van der Waals surface area contributed by atoms with E-state index in [0.717, 1.165) is 14.4 Å². The molecule has 0 bridgehead atoms. The number of carboxylic acid groups (broad SMARTS) is 1. The van der Waals surface area contributed by atoms with Crippen LogP contribution in [0.1, 0.15) is 4.88 Å². The van der Waals surface area contributed by atoms with E-state index in [0.29, 0.717) is 18.8 Å². The van der Waals surface area contributed by atoms with Crippen LogP contribution in [0, 0.1) is 0 Å². The lowest BCUT2D eigenvalue weighted by molar-refractivity contribution is -0.141. The first-order chi connectivity index (χ1) is 9.08. The van der Waals surface area contributed by atoms with Gasteiger partial charge in [-0.3, -0.25) is 0 Å². The highest BCUT2D eigenvalue weighted by molar-refractivity contribution is 9.11. The van der Waals surface area contributed by atoms with Gasteiger partial charge in [0, 0.05) is 22.9 Å². The van der Waals surface area contributed by atoms with Crippen molar-refractivity contribution in [3.63, 3.8) is 0 Å². The van der Waals surface area contributed by atoms with Crippen LogP contribution in [0.2, 0.25) is 0 Å². The Labute approximate surface area is 127 Å². The predicted octanol–water partition coefficient (Wildman–Crippen LogP) is 2.22. The zero-order valence-electron chi connectivity index (χ0n) is 9.97. The van der Waals surface area contributed by atoms with Gasteiger partial charge in [0.1, 0.15) is 6.04 Å². The molecule has 2 amide bonds. The molecule has 104 valence electrons. The minimum atomic E-state index is -0.943. The number of aliphatic carboxylic acids is 1. The molecular formula is C11H13BrN2O3S2. The zero-order chi connectivity index (χ0) is 13.8. The number of rotatable bonds is 3. The topological polar surface area (TPSA) is 69.6 Å². The first-order valence-corrected chi connectivity index (χ1v) is 8.43. The normalized spacial score (nSPS) is 19.2. The summed E-state index contributed by atoms with van der Waals surface area (Å²) in [6.45, 7) is 0.896. The van der Waals surface area contributed by atoms with Crippen LogP contribution in [0.5, 0.6) is 0 Å². The Morgan fingerprint density at radius 2 is 2.32 bits per heavy atom. The molecule has 2 heterocycles. The molecule has 1 saturated heterocycles. The van der Waals surface area contributed by atoms with Crippen molar-refractivity contribution in [3.05, 3.63) is 20.8 Å². The number of halogens is 1. The Kier molecular flexibility index (Phi) is 5.12. The molecule has 1 aromatic rings. The van der Waals surface area contributed by atoms with E-state index >= 15 is 0 Å². The molecule has 8 heteroatoms. The van der Waals surface area contributed by atoms with Gasteiger partial charge in [0.2, 0.25) is 0 Å². The fourth-order valence-corrected chi connectivity index (χ4v) is 4.22.